The van der Waals surface area contributed by atoms with Crippen molar-refractivity contribution in [1.29, 1.82) is 0 Å². The van der Waals surface area contributed by atoms with E-state index in [2.05, 4.69) is 26.2 Å². The van der Waals surface area contributed by atoms with Crippen LogP contribution in [-0.2, 0) is 0 Å². The van der Waals surface area contributed by atoms with Gasteiger partial charge in [0.05, 0.1) is 0 Å². The van der Waals surface area contributed by atoms with E-state index in [0.29, 0.717) is 18.1 Å². The highest BCUT2D eigenvalue weighted by Gasteiger charge is 2.13. The summed E-state index contributed by atoms with van der Waals surface area (Å²) in [5.41, 5.74) is 0. The molecule has 0 aromatic carbocycles. The predicted molar refractivity (Wildman–Crippen MR) is 46.3 cm³/mol. The summed E-state index contributed by atoms with van der Waals surface area (Å²) in [5, 5.41) is 0. The van der Waals surface area contributed by atoms with Gasteiger partial charge in [-0.05, 0) is 0 Å². The van der Waals surface area contributed by atoms with Crippen LogP contribution in [0.5, 0.6) is 0 Å². The van der Waals surface area contributed by atoms with Crippen LogP contribution in [0.25, 0.3) is 0 Å². The van der Waals surface area contributed by atoms with E-state index in [0.717, 1.165) is 0 Å². The third-order valence-electron chi connectivity index (χ3n) is 1.91. The van der Waals surface area contributed by atoms with E-state index in [1.807, 2.05) is 0 Å². The van der Waals surface area contributed by atoms with Gasteiger partial charge >= 0.3 is 0 Å². The van der Waals surface area contributed by atoms with Gasteiger partial charge in [-0.1, -0.05) is 26.2 Å². The van der Waals surface area contributed by atoms with Crippen molar-refractivity contribution in [3.05, 3.63) is 0 Å². The van der Waals surface area contributed by atoms with Gasteiger partial charge in [-0.3, -0.25) is 0 Å². The molecule has 0 radical (unpaired) electrons. The van der Waals surface area contributed by atoms with Crippen molar-refractivity contribution in [2.45, 2.75) is 26.2 Å². The molecule has 0 rings (SSSR count). The molecule has 0 aliphatic carbocycles. The molecule has 0 N–H and O–H groups in total. The maximum Gasteiger partial charge on any atom is 0.0216 e. The fourth-order valence-electron chi connectivity index (χ4n) is 0.250. The normalized spacial score (nSPS) is 15.4. The minimum absolute atomic E-state index is 0.373. The summed E-state index contributed by atoms with van der Waals surface area (Å²) >= 11 is 0. The average Bonchev–Trinajstić information content (AvgIpc) is 1.68. The van der Waals surface area contributed by atoms with E-state index in [1.165, 1.54) is 0 Å². The van der Waals surface area contributed by atoms with Gasteiger partial charge in [-0.15, -0.1) is 0 Å². The van der Waals surface area contributed by atoms with Crippen LogP contribution in [0, 0.1) is 0 Å². The lowest BCUT2D eigenvalue weighted by Crippen LogP contribution is -2.38. The Morgan fingerprint density at radius 3 is 1.29 bits per heavy atom. The predicted octanol–water partition coefficient (Wildman–Crippen LogP) is 0.122. The van der Waals surface area contributed by atoms with Crippen molar-refractivity contribution in [2.24, 2.45) is 0 Å². The van der Waals surface area contributed by atoms with Crippen molar-refractivity contribution in [3.63, 3.8) is 0 Å². The fourth-order valence-corrected chi connectivity index (χ4v) is 6.75. The largest absolute Gasteiger partial charge is 0.0768 e. The monoisotopic (exact) mass is 148 g/mol. The lowest BCUT2D eigenvalue weighted by Gasteiger charge is -2.14. The van der Waals surface area contributed by atoms with Crippen LogP contribution in [0.3, 0.4) is 0 Å². The SMILES string of the molecule is C[SiH2][Si](C)(C)[SiH2]C. The molecule has 0 spiro atoms. The molecule has 44 valence electrons. The zero-order chi connectivity index (χ0) is 5.91. The molecule has 0 aromatic rings. The highest BCUT2D eigenvalue weighted by Crippen LogP contribution is 1.94. The Morgan fingerprint density at radius 2 is 1.29 bits per heavy atom. The van der Waals surface area contributed by atoms with Crippen LogP contribution in [0.15, 0.2) is 0 Å². The molecule has 0 nitrogen and oxygen atoms in total. The zero-order valence-corrected chi connectivity index (χ0v) is 9.74. The Morgan fingerprint density at radius 1 is 1.00 bits per heavy atom. The first-order valence-corrected chi connectivity index (χ1v) is 13.6. The molecule has 0 heterocycles. The Bertz CT molecular complexity index is 44.9. The van der Waals surface area contributed by atoms with Gasteiger partial charge in [0.15, 0.2) is 0 Å². The third kappa shape index (κ3) is 3.25. The van der Waals surface area contributed by atoms with Crippen LogP contribution in [0.4, 0.5) is 0 Å². The second-order valence-electron chi connectivity index (χ2n) is 2.87. The maximum atomic E-state index is 2.56. The van der Waals surface area contributed by atoms with Crippen molar-refractivity contribution >= 4 is 25.2 Å². The molecule has 0 fully saturated rings. The highest BCUT2D eigenvalue weighted by molar-refractivity contribution is 7.49. The van der Waals surface area contributed by atoms with Gasteiger partial charge in [0.2, 0.25) is 0 Å². The molecule has 0 atom stereocenters. The summed E-state index contributed by atoms with van der Waals surface area (Å²) in [7, 11) is 0.512. The molecular weight excluding hydrogens is 132 g/mol. The summed E-state index contributed by atoms with van der Waals surface area (Å²) in [6.45, 7) is 10.1. The topological polar surface area (TPSA) is 0 Å². The van der Waals surface area contributed by atoms with Gasteiger partial charge in [-0.2, -0.15) is 0 Å². The number of hydrogen-bond donors (Lipinski definition) is 0. The molecule has 0 aliphatic rings. The minimum Gasteiger partial charge on any atom is -0.0768 e. The molecule has 0 unspecified atom stereocenters. The quantitative estimate of drug-likeness (QED) is 0.488. The molecule has 0 saturated carbocycles. The summed E-state index contributed by atoms with van der Waals surface area (Å²) in [5.74, 6) is 0. The van der Waals surface area contributed by atoms with Crippen LogP contribution in [-0.4, -0.2) is 25.2 Å². The van der Waals surface area contributed by atoms with Crippen molar-refractivity contribution in [2.75, 3.05) is 0 Å². The van der Waals surface area contributed by atoms with Gasteiger partial charge in [0.25, 0.3) is 0 Å². The number of hydrogen-bond acceptors (Lipinski definition) is 0. The smallest absolute Gasteiger partial charge is 0.0216 e. The third-order valence-corrected chi connectivity index (χ3v) is 26.2. The Balaban J connectivity index is 3.36. The van der Waals surface area contributed by atoms with E-state index in [-0.39, 0.29) is 7.11 Å². The van der Waals surface area contributed by atoms with Crippen LogP contribution in [0.1, 0.15) is 0 Å². The van der Waals surface area contributed by atoms with Gasteiger partial charge < -0.3 is 0 Å². The van der Waals surface area contributed by atoms with Crippen molar-refractivity contribution in [1.82, 2.24) is 0 Å². The molecule has 0 saturated heterocycles. The zero-order valence-electron chi connectivity index (χ0n) is 5.91. The second kappa shape index (κ2) is 2.84. The van der Waals surface area contributed by atoms with Crippen LogP contribution >= 0.6 is 0 Å². The molecule has 0 aromatic heterocycles. The summed E-state index contributed by atoms with van der Waals surface area (Å²) in [4.78, 5) is 0. The molecule has 0 bridgehead atoms. The van der Waals surface area contributed by atoms with E-state index >= 15 is 0 Å². The first kappa shape index (κ1) is 7.65. The average molecular weight is 148 g/mol. The van der Waals surface area contributed by atoms with E-state index in [4.69, 9.17) is 0 Å². The van der Waals surface area contributed by atoms with Gasteiger partial charge in [-0.25, -0.2) is 0 Å². The van der Waals surface area contributed by atoms with Crippen LogP contribution < -0.4 is 0 Å². The maximum absolute atomic E-state index is 2.56. The first-order valence-electron chi connectivity index (χ1n) is 3.12. The fraction of sp³-hybridized carbons (Fsp3) is 1.00. The Hall–Kier alpha value is 0.651. The molecule has 0 aliphatic heterocycles. The van der Waals surface area contributed by atoms with Gasteiger partial charge in [0.1, 0.15) is 0 Å². The highest BCUT2D eigenvalue weighted by atomic mass is 29.6. The molecule has 0 amide bonds. The number of rotatable bonds is 2. The van der Waals surface area contributed by atoms with Crippen molar-refractivity contribution in [3.8, 4) is 0 Å². The van der Waals surface area contributed by atoms with Gasteiger partial charge in [0, 0.05) is 25.2 Å². The molecule has 3 heteroatoms. The lowest BCUT2D eigenvalue weighted by atomic mass is 11.9. The van der Waals surface area contributed by atoms with Crippen LogP contribution in [0.2, 0.25) is 26.2 Å². The molecule has 7 heavy (non-hydrogen) atoms. The summed E-state index contributed by atoms with van der Waals surface area (Å²) < 4.78 is 0. The molecular formula is C4H16Si3. The lowest BCUT2D eigenvalue weighted by molar-refractivity contribution is 2.00. The van der Waals surface area contributed by atoms with E-state index < -0.39 is 0 Å². The van der Waals surface area contributed by atoms with E-state index in [9.17, 15) is 0 Å². The standard InChI is InChI=1S/C4H16Si3/c1-5-7(3,4)6-2/h5-6H2,1-4H3. The van der Waals surface area contributed by atoms with E-state index in [1.54, 1.807) is 0 Å². The van der Waals surface area contributed by atoms with Crippen molar-refractivity contribution < 1.29 is 0 Å². The minimum atomic E-state index is -0.373. The second-order valence-corrected chi connectivity index (χ2v) is 27.3. The Labute approximate surface area is 51.9 Å². The summed E-state index contributed by atoms with van der Waals surface area (Å²) in [6.07, 6.45) is 0. The Kier molecular flexibility index (Phi) is 3.10. The summed E-state index contributed by atoms with van der Waals surface area (Å²) in [6, 6.07) is 0. The first-order chi connectivity index (χ1) is 3.12.